The Morgan fingerprint density at radius 1 is 1.38 bits per heavy atom. The molecule has 112 valence electrons. The number of benzene rings is 1. The Bertz CT molecular complexity index is 626. The number of carbonyl (C=O) groups is 1. The molecule has 0 N–H and O–H groups in total. The average Bonchev–Trinajstić information content (AvgIpc) is 2.83. The van der Waals surface area contributed by atoms with Crippen LogP contribution in [0.3, 0.4) is 0 Å². The number of rotatable bonds is 5. The van der Waals surface area contributed by atoms with E-state index in [-0.39, 0.29) is 5.91 Å². The van der Waals surface area contributed by atoms with Gasteiger partial charge in [0.15, 0.2) is 6.10 Å². The zero-order chi connectivity index (χ0) is 15.4. The molecule has 0 radical (unpaired) electrons. The van der Waals surface area contributed by atoms with Gasteiger partial charge < -0.3 is 9.64 Å². The van der Waals surface area contributed by atoms with Gasteiger partial charge in [0.2, 0.25) is 0 Å². The largest absolute Gasteiger partial charge is 0.481 e. The molecule has 1 aromatic heterocycles. The highest BCUT2D eigenvalue weighted by Gasteiger charge is 2.19. The predicted molar refractivity (Wildman–Crippen MR) is 89.8 cm³/mol. The van der Waals surface area contributed by atoms with Crippen molar-refractivity contribution >= 4 is 33.2 Å². The van der Waals surface area contributed by atoms with Gasteiger partial charge in [-0.05, 0) is 59.6 Å². The number of amides is 1. The van der Waals surface area contributed by atoms with Gasteiger partial charge in [0, 0.05) is 11.9 Å². The number of ether oxygens (including phenoxy) is 1. The second-order valence-electron chi connectivity index (χ2n) is 4.98. The van der Waals surface area contributed by atoms with Crippen molar-refractivity contribution in [3.63, 3.8) is 0 Å². The average molecular weight is 368 g/mol. The standard InChI is InChI=1S/C16H18BrNO2S/c1-11-5-4-6-13(9-11)20-12(2)16(19)18(3)10-14-7-8-15(17)21-14/h4-9,12H,10H2,1-3H3. The molecule has 2 aromatic rings. The number of likely N-dealkylation sites (N-methyl/N-ethyl adjacent to an activating group) is 1. The van der Waals surface area contributed by atoms with Gasteiger partial charge in [0.1, 0.15) is 5.75 Å². The van der Waals surface area contributed by atoms with Crippen LogP contribution in [0.15, 0.2) is 40.2 Å². The van der Waals surface area contributed by atoms with E-state index in [1.807, 2.05) is 43.3 Å². The highest BCUT2D eigenvalue weighted by atomic mass is 79.9. The monoisotopic (exact) mass is 367 g/mol. The lowest BCUT2D eigenvalue weighted by Crippen LogP contribution is -2.37. The Balaban J connectivity index is 1.95. The maximum atomic E-state index is 12.3. The van der Waals surface area contributed by atoms with Gasteiger partial charge in [0.05, 0.1) is 10.3 Å². The summed E-state index contributed by atoms with van der Waals surface area (Å²) in [6, 6.07) is 11.7. The molecule has 1 heterocycles. The fraction of sp³-hybridized carbons (Fsp3) is 0.312. The molecule has 3 nitrogen and oxygen atoms in total. The Labute approximate surface area is 137 Å². The van der Waals surface area contributed by atoms with Crippen molar-refractivity contribution in [3.8, 4) is 5.75 Å². The molecule has 0 saturated heterocycles. The fourth-order valence-electron chi connectivity index (χ4n) is 2.00. The number of nitrogens with zero attached hydrogens (tertiary/aromatic N) is 1. The lowest BCUT2D eigenvalue weighted by atomic mass is 10.2. The zero-order valence-electron chi connectivity index (χ0n) is 12.3. The van der Waals surface area contributed by atoms with Gasteiger partial charge in [0.25, 0.3) is 5.91 Å². The van der Waals surface area contributed by atoms with Gasteiger partial charge in [-0.3, -0.25) is 4.79 Å². The number of aryl methyl sites for hydroxylation is 1. The van der Waals surface area contributed by atoms with Crippen molar-refractivity contribution < 1.29 is 9.53 Å². The number of hydrogen-bond acceptors (Lipinski definition) is 3. The summed E-state index contributed by atoms with van der Waals surface area (Å²) in [7, 11) is 1.80. The molecule has 0 aliphatic carbocycles. The van der Waals surface area contributed by atoms with Crippen LogP contribution in [-0.2, 0) is 11.3 Å². The molecular formula is C16H18BrNO2S. The molecule has 1 atom stereocenters. The molecule has 0 aliphatic rings. The van der Waals surface area contributed by atoms with E-state index in [1.54, 1.807) is 30.2 Å². The Morgan fingerprint density at radius 3 is 2.76 bits per heavy atom. The van der Waals surface area contributed by atoms with Gasteiger partial charge in [-0.1, -0.05) is 12.1 Å². The van der Waals surface area contributed by atoms with Crippen LogP contribution in [0.4, 0.5) is 0 Å². The van der Waals surface area contributed by atoms with Crippen LogP contribution in [0.5, 0.6) is 5.75 Å². The van der Waals surface area contributed by atoms with E-state index < -0.39 is 6.10 Å². The third-order valence-corrected chi connectivity index (χ3v) is 4.66. The third kappa shape index (κ3) is 4.58. The lowest BCUT2D eigenvalue weighted by molar-refractivity contribution is -0.137. The summed E-state index contributed by atoms with van der Waals surface area (Å²) in [6.07, 6.45) is -0.500. The van der Waals surface area contributed by atoms with E-state index in [2.05, 4.69) is 15.9 Å². The van der Waals surface area contributed by atoms with Gasteiger partial charge in [-0.15, -0.1) is 11.3 Å². The molecule has 1 aromatic carbocycles. The first kappa shape index (κ1) is 16.0. The summed E-state index contributed by atoms with van der Waals surface area (Å²) in [5.74, 6) is 0.698. The van der Waals surface area contributed by atoms with Gasteiger partial charge in [-0.2, -0.15) is 0 Å². The van der Waals surface area contributed by atoms with Crippen LogP contribution < -0.4 is 4.74 Å². The molecule has 1 unspecified atom stereocenters. The highest BCUT2D eigenvalue weighted by Crippen LogP contribution is 2.23. The van der Waals surface area contributed by atoms with E-state index in [1.165, 1.54) is 0 Å². The maximum absolute atomic E-state index is 12.3. The van der Waals surface area contributed by atoms with Gasteiger partial charge in [-0.25, -0.2) is 0 Å². The smallest absolute Gasteiger partial charge is 0.263 e. The van der Waals surface area contributed by atoms with Crippen LogP contribution in [-0.4, -0.2) is 24.0 Å². The molecule has 0 aliphatic heterocycles. The first-order chi connectivity index (χ1) is 9.95. The number of hydrogen-bond donors (Lipinski definition) is 0. The normalized spacial score (nSPS) is 12.0. The third-order valence-electron chi connectivity index (χ3n) is 3.05. The molecule has 1 amide bonds. The molecule has 0 saturated carbocycles. The fourth-order valence-corrected chi connectivity index (χ4v) is 3.54. The van der Waals surface area contributed by atoms with E-state index >= 15 is 0 Å². The van der Waals surface area contributed by atoms with Crippen LogP contribution >= 0.6 is 27.3 Å². The summed E-state index contributed by atoms with van der Waals surface area (Å²) in [5.41, 5.74) is 1.11. The van der Waals surface area contributed by atoms with Crippen molar-refractivity contribution in [1.29, 1.82) is 0 Å². The Hall–Kier alpha value is -1.33. The Morgan fingerprint density at radius 2 is 2.14 bits per heavy atom. The van der Waals surface area contributed by atoms with Crippen LogP contribution in [0.1, 0.15) is 17.4 Å². The van der Waals surface area contributed by atoms with E-state index in [0.717, 1.165) is 20.0 Å². The lowest BCUT2D eigenvalue weighted by Gasteiger charge is -2.21. The zero-order valence-corrected chi connectivity index (χ0v) is 14.7. The van der Waals surface area contributed by atoms with Crippen molar-refractivity contribution in [2.24, 2.45) is 0 Å². The van der Waals surface area contributed by atoms with Crippen molar-refractivity contribution in [3.05, 3.63) is 50.6 Å². The van der Waals surface area contributed by atoms with Crippen LogP contribution in [0.2, 0.25) is 0 Å². The SMILES string of the molecule is Cc1cccc(OC(C)C(=O)N(C)Cc2ccc(Br)s2)c1. The van der Waals surface area contributed by atoms with Crippen molar-refractivity contribution in [1.82, 2.24) is 4.90 Å². The second-order valence-corrected chi connectivity index (χ2v) is 7.52. The molecular weight excluding hydrogens is 350 g/mol. The van der Waals surface area contributed by atoms with E-state index in [4.69, 9.17) is 4.74 Å². The molecule has 5 heteroatoms. The van der Waals surface area contributed by atoms with Crippen molar-refractivity contribution in [2.45, 2.75) is 26.5 Å². The summed E-state index contributed by atoms with van der Waals surface area (Å²) in [6.45, 7) is 4.38. The topological polar surface area (TPSA) is 29.5 Å². The molecule has 0 spiro atoms. The van der Waals surface area contributed by atoms with E-state index in [0.29, 0.717) is 6.54 Å². The second kappa shape index (κ2) is 7.09. The summed E-state index contributed by atoms with van der Waals surface area (Å²) >= 11 is 5.06. The van der Waals surface area contributed by atoms with E-state index in [9.17, 15) is 4.79 Å². The van der Waals surface area contributed by atoms with Gasteiger partial charge >= 0.3 is 0 Å². The molecule has 2 rings (SSSR count). The maximum Gasteiger partial charge on any atom is 0.263 e. The first-order valence-electron chi connectivity index (χ1n) is 6.68. The summed E-state index contributed by atoms with van der Waals surface area (Å²) < 4.78 is 6.80. The van der Waals surface area contributed by atoms with Crippen molar-refractivity contribution in [2.75, 3.05) is 7.05 Å². The number of halogens is 1. The number of carbonyl (C=O) groups excluding carboxylic acids is 1. The summed E-state index contributed by atoms with van der Waals surface area (Å²) in [4.78, 5) is 15.2. The Kier molecular flexibility index (Phi) is 5.42. The van der Waals surface area contributed by atoms with Crippen LogP contribution in [0.25, 0.3) is 0 Å². The highest BCUT2D eigenvalue weighted by molar-refractivity contribution is 9.11. The first-order valence-corrected chi connectivity index (χ1v) is 8.29. The summed E-state index contributed by atoms with van der Waals surface area (Å²) in [5, 5.41) is 0. The minimum atomic E-state index is -0.500. The van der Waals surface area contributed by atoms with Crippen LogP contribution in [0, 0.1) is 6.92 Å². The molecule has 21 heavy (non-hydrogen) atoms. The number of thiophene rings is 1. The minimum absolute atomic E-state index is 0.0268. The quantitative estimate of drug-likeness (QED) is 0.790. The minimum Gasteiger partial charge on any atom is -0.481 e. The molecule has 0 fully saturated rings. The predicted octanol–water partition coefficient (Wildman–Crippen LogP) is 4.24. The molecule has 0 bridgehead atoms.